The van der Waals surface area contributed by atoms with E-state index in [9.17, 15) is 14.4 Å². The minimum atomic E-state index is -0.465. The van der Waals surface area contributed by atoms with E-state index >= 15 is 0 Å². The fourth-order valence-corrected chi connectivity index (χ4v) is 3.21. The van der Waals surface area contributed by atoms with Crippen molar-refractivity contribution >= 4 is 23.3 Å². The molecule has 0 bridgehead atoms. The SMILES string of the molecule is COC(=O)c1ccc(N2CCN(C(=O)c3cnc4nc[nH]n4c3=O)CC2)cc1. The Morgan fingerprint density at radius 2 is 1.79 bits per heavy atom. The van der Waals surface area contributed by atoms with Crippen LogP contribution in [-0.4, -0.2) is 69.6 Å². The molecule has 144 valence electrons. The molecule has 1 amide bonds. The van der Waals surface area contributed by atoms with Crippen LogP contribution in [0.25, 0.3) is 5.78 Å². The molecule has 0 atom stereocenters. The lowest BCUT2D eigenvalue weighted by molar-refractivity contribution is 0.0600. The lowest BCUT2D eigenvalue weighted by Crippen LogP contribution is -2.49. The first kappa shape index (κ1) is 17.7. The Balaban J connectivity index is 1.44. The minimum absolute atomic E-state index is 0.0117. The minimum Gasteiger partial charge on any atom is -0.465 e. The van der Waals surface area contributed by atoms with Crippen molar-refractivity contribution in [2.24, 2.45) is 0 Å². The number of benzene rings is 1. The molecule has 3 heterocycles. The van der Waals surface area contributed by atoms with Crippen molar-refractivity contribution in [1.29, 1.82) is 0 Å². The zero-order valence-electron chi connectivity index (χ0n) is 15.2. The second-order valence-electron chi connectivity index (χ2n) is 6.32. The maximum atomic E-state index is 12.8. The summed E-state index contributed by atoms with van der Waals surface area (Å²) in [5, 5.41) is 2.65. The summed E-state index contributed by atoms with van der Waals surface area (Å²) in [6.07, 6.45) is 2.63. The van der Waals surface area contributed by atoms with Crippen LogP contribution in [0.5, 0.6) is 0 Å². The smallest absolute Gasteiger partial charge is 0.337 e. The second-order valence-corrected chi connectivity index (χ2v) is 6.32. The number of nitrogens with zero attached hydrogens (tertiary/aromatic N) is 5. The summed E-state index contributed by atoms with van der Waals surface area (Å²) < 4.78 is 5.85. The van der Waals surface area contributed by atoms with Gasteiger partial charge in [0, 0.05) is 38.1 Å². The molecule has 10 nitrogen and oxygen atoms in total. The van der Waals surface area contributed by atoms with E-state index in [1.54, 1.807) is 17.0 Å². The number of fused-ring (bicyclic) bond motifs is 1. The highest BCUT2D eigenvalue weighted by atomic mass is 16.5. The lowest BCUT2D eigenvalue weighted by atomic mass is 10.1. The van der Waals surface area contributed by atoms with E-state index in [4.69, 9.17) is 4.74 Å². The van der Waals surface area contributed by atoms with Crippen LogP contribution in [0, 0.1) is 0 Å². The van der Waals surface area contributed by atoms with Crippen molar-refractivity contribution in [1.82, 2.24) is 24.5 Å². The molecule has 10 heteroatoms. The van der Waals surface area contributed by atoms with E-state index in [-0.39, 0.29) is 23.2 Å². The van der Waals surface area contributed by atoms with Gasteiger partial charge >= 0.3 is 5.97 Å². The third-order valence-electron chi connectivity index (χ3n) is 4.76. The molecule has 3 aromatic rings. The van der Waals surface area contributed by atoms with Crippen LogP contribution in [0.4, 0.5) is 5.69 Å². The van der Waals surface area contributed by atoms with Crippen LogP contribution in [0.15, 0.2) is 41.6 Å². The quantitative estimate of drug-likeness (QED) is 0.642. The van der Waals surface area contributed by atoms with E-state index in [1.165, 1.54) is 19.6 Å². The Morgan fingerprint density at radius 1 is 1.07 bits per heavy atom. The first-order valence-electron chi connectivity index (χ1n) is 8.72. The number of ether oxygens (including phenoxy) is 1. The molecule has 0 radical (unpaired) electrons. The summed E-state index contributed by atoms with van der Waals surface area (Å²) in [7, 11) is 1.35. The van der Waals surface area contributed by atoms with Gasteiger partial charge in [-0.25, -0.2) is 14.8 Å². The molecular formula is C18H18N6O4. The van der Waals surface area contributed by atoms with Crippen molar-refractivity contribution in [3.8, 4) is 0 Å². The number of anilines is 1. The molecule has 1 saturated heterocycles. The van der Waals surface area contributed by atoms with Gasteiger partial charge in [0.2, 0.25) is 0 Å². The number of rotatable bonds is 3. The summed E-state index contributed by atoms with van der Waals surface area (Å²) in [5.41, 5.74) is 0.994. The van der Waals surface area contributed by atoms with Gasteiger partial charge in [0.1, 0.15) is 11.9 Å². The Hall–Kier alpha value is -3.69. The monoisotopic (exact) mass is 382 g/mol. The number of amides is 1. The average molecular weight is 382 g/mol. The number of esters is 1. The molecule has 0 unspecified atom stereocenters. The van der Waals surface area contributed by atoms with Gasteiger partial charge in [-0.15, -0.1) is 0 Å². The molecule has 1 aliphatic rings. The van der Waals surface area contributed by atoms with Crippen LogP contribution in [0.3, 0.4) is 0 Å². The Kier molecular flexibility index (Phi) is 4.52. The third-order valence-corrected chi connectivity index (χ3v) is 4.76. The third kappa shape index (κ3) is 3.08. The number of methoxy groups -OCH3 is 1. The predicted molar refractivity (Wildman–Crippen MR) is 99.5 cm³/mol. The molecule has 28 heavy (non-hydrogen) atoms. The van der Waals surface area contributed by atoms with Gasteiger partial charge in [-0.05, 0) is 24.3 Å². The molecule has 0 spiro atoms. The van der Waals surface area contributed by atoms with Crippen LogP contribution in [0.1, 0.15) is 20.7 Å². The molecule has 1 fully saturated rings. The van der Waals surface area contributed by atoms with Gasteiger partial charge in [-0.1, -0.05) is 0 Å². The molecular weight excluding hydrogens is 364 g/mol. The summed E-state index contributed by atoms with van der Waals surface area (Å²) in [4.78, 5) is 48.4. The maximum absolute atomic E-state index is 12.8. The molecule has 1 aliphatic heterocycles. The van der Waals surface area contributed by atoms with Gasteiger partial charge in [0.05, 0.1) is 12.7 Å². The van der Waals surface area contributed by atoms with E-state index in [0.717, 1.165) is 10.2 Å². The molecule has 2 aromatic heterocycles. The van der Waals surface area contributed by atoms with E-state index in [1.807, 2.05) is 12.1 Å². The van der Waals surface area contributed by atoms with E-state index < -0.39 is 5.56 Å². The number of aromatic amines is 1. The number of nitrogens with one attached hydrogen (secondary N) is 1. The van der Waals surface area contributed by atoms with Crippen LogP contribution in [-0.2, 0) is 4.74 Å². The maximum Gasteiger partial charge on any atom is 0.337 e. The molecule has 0 aliphatic carbocycles. The van der Waals surface area contributed by atoms with Gasteiger partial charge in [0.15, 0.2) is 0 Å². The van der Waals surface area contributed by atoms with Crippen LogP contribution >= 0.6 is 0 Å². The van der Waals surface area contributed by atoms with E-state index in [0.29, 0.717) is 31.7 Å². The van der Waals surface area contributed by atoms with Gasteiger partial charge in [-0.2, -0.15) is 4.52 Å². The van der Waals surface area contributed by atoms with Crippen molar-refractivity contribution in [3.05, 3.63) is 58.3 Å². The molecule has 1 N–H and O–H groups in total. The number of H-pyrrole nitrogens is 1. The second kappa shape index (κ2) is 7.14. The van der Waals surface area contributed by atoms with E-state index in [2.05, 4.69) is 20.0 Å². The predicted octanol–water partition coefficient (Wildman–Crippen LogP) is 0.167. The van der Waals surface area contributed by atoms with Crippen molar-refractivity contribution < 1.29 is 14.3 Å². The summed E-state index contributed by atoms with van der Waals surface area (Å²) >= 11 is 0. The number of carbonyl (C=O) groups is 2. The van der Waals surface area contributed by atoms with Crippen molar-refractivity contribution in [3.63, 3.8) is 0 Å². The van der Waals surface area contributed by atoms with Crippen LogP contribution < -0.4 is 10.5 Å². The zero-order valence-corrected chi connectivity index (χ0v) is 15.2. The Morgan fingerprint density at radius 3 is 2.46 bits per heavy atom. The lowest BCUT2D eigenvalue weighted by Gasteiger charge is -2.36. The number of hydrogen-bond acceptors (Lipinski definition) is 7. The topological polar surface area (TPSA) is 113 Å². The highest BCUT2D eigenvalue weighted by molar-refractivity contribution is 5.94. The summed E-state index contributed by atoms with van der Waals surface area (Å²) in [6, 6.07) is 7.13. The standard InChI is InChI=1S/C18H18N6O4/c1-28-17(27)12-2-4-13(5-3-12)22-6-8-23(9-7-22)15(25)14-10-19-18-20-11-21-24(18)16(14)26/h2-5,10-11H,6-9H2,1H3,(H,19,20,21). The van der Waals surface area contributed by atoms with Crippen molar-refractivity contribution in [2.75, 3.05) is 38.2 Å². The number of piperazine rings is 1. The Bertz CT molecular complexity index is 1080. The Labute approximate surface area is 159 Å². The highest BCUT2D eigenvalue weighted by Gasteiger charge is 2.25. The average Bonchev–Trinajstić information content (AvgIpc) is 3.23. The number of carbonyl (C=O) groups excluding carboxylic acids is 2. The molecule has 4 rings (SSSR count). The normalized spacial score (nSPS) is 14.3. The fraction of sp³-hybridized carbons (Fsp3) is 0.278. The van der Waals surface area contributed by atoms with Crippen LogP contribution in [0.2, 0.25) is 0 Å². The van der Waals surface area contributed by atoms with Gasteiger partial charge in [-0.3, -0.25) is 14.7 Å². The molecule has 0 saturated carbocycles. The van der Waals surface area contributed by atoms with Crippen molar-refractivity contribution in [2.45, 2.75) is 0 Å². The van der Waals surface area contributed by atoms with Gasteiger partial charge < -0.3 is 14.5 Å². The van der Waals surface area contributed by atoms with Gasteiger partial charge in [0.25, 0.3) is 17.2 Å². The zero-order chi connectivity index (χ0) is 19.7. The largest absolute Gasteiger partial charge is 0.465 e. The number of hydrogen-bond donors (Lipinski definition) is 1. The fourth-order valence-electron chi connectivity index (χ4n) is 3.21. The highest BCUT2D eigenvalue weighted by Crippen LogP contribution is 2.18. The summed E-state index contributed by atoms with van der Waals surface area (Å²) in [5.74, 6) is -0.500. The first-order chi connectivity index (χ1) is 13.6. The summed E-state index contributed by atoms with van der Waals surface area (Å²) in [6.45, 7) is 2.18. The number of aromatic nitrogens is 4. The molecule has 1 aromatic carbocycles. The first-order valence-corrected chi connectivity index (χ1v) is 8.72.